The first-order valence-electron chi connectivity index (χ1n) is 10.4. The third-order valence-electron chi connectivity index (χ3n) is 6.60. The van der Waals surface area contributed by atoms with Crippen molar-refractivity contribution < 1.29 is 14.3 Å². The van der Waals surface area contributed by atoms with E-state index >= 15 is 0 Å². The minimum atomic E-state index is -0.672. The van der Waals surface area contributed by atoms with Gasteiger partial charge in [-0.2, -0.15) is 0 Å². The highest BCUT2D eigenvalue weighted by atomic mass is 16.5. The molecule has 1 aliphatic heterocycles. The van der Waals surface area contributed by atoms with Crippen LogP contribution in [0.25, 0.3) is 0 Å². The number of nitrogens with one attached hydrogen (secondary N) is 1. The lowest BCUT2D eigenvalue weighted by Crippen LogP contribution is -2.53. The number of hydrogen-bond acceptors (Lipinski definition) is 5. The largest absolute Gasteiger partial charge is 0.463 e. The molecule has 8 nitrogen and oxygen atoms in total. The fraction of sp³-hybridized carbons (Fsp3) is 0.478. The molecule has 1 spiro atoms. The van der Waals surface area contributed by atoms with Gasteiger partial charge in [-0.3, -0.25) is 9.80 Å². The number of benzene rings is 1. The number of allylic oxidation sites excluding steroid dienone is 1. The molecular formula is C23H31N5O3. The zero-order valence-electron chi connectivity index (χ0n) is 18.7. The number of aliphatic imine (C=N–C) groups is 2. The number of ether oxygens (including phenoxy) is 1. The van der Waals surface area contributed by atoms with Crippen molar-refractivity contribution in [3.05, 3.63) is 47.8 Å². The Bertz CT molecular complexity index is 899. The molecule has 1 saturated heterocycles. The topological polar surface area (TPSA) is 86.6 Å². The van der Waals surface area contributed by atoms with Crippen LogP contribution < -0.4 is 5.32 Å². The minimum Gasteiger partial charge on any atom is -0.463 e. The molecule has 1 aliphatic carbocycles. The smallest absolute Gasteiger partial charge is 0.376 e. The Morgan fingerprint density at radius 2 is 1.87 bits per heavy atom. The van der Waals surface area contributed by atoms with Gasteiger partial charge in [0.15, 0.2) is 0 Å². The molecule has 1 aromatic carbocycles. The van der Waals surface area contributed by atoms with Crippen molar-refractivity contribution in [1.29, 1.82) is 0 Å². The van der Waals surface area contributed by atoms with Crippen molar-refractivity contribution in [2.24, 2.45) is 9.98 Å². The van der Waals surface area contributed by atoms with E-state index in [1.165, 1.54) is 18.9 Å². The van der Waals surface area contributed by atoms with Crippen LogP contribution in [0.4, 0.5) is 4.79 Å². The molecule has 0 aromatic heterocycles. The highest BCUT2D eigenvalue weighted by Crippen LogP contribution is 2.46. The summed E-state index contributed by atoms with van der Waals surface area (Å²) in [7, 11) is 5.51. The Labute approximate surface area is 183 Å². The maximum atomic E-state index is 12.7. The maximum absolute atomic E-state index is 12.7. The van der Waals surface area contributed by atoms with Gasteiger partial charge in [-0.05, 0) is 59.0 Å². The summed E-state index contributed by atoms with van der Waals surface area (Å²) in [5, 5.41) is 3.22. The SMILES string of the molecule is C=NC(=N/C=C(\C)N1CC2(CCC(c3ccccc3)(N(C)C)CC2)NC1=O)C(=O)OC. The van der Waals surface area contributed by atoms with Gasteiger partial charge in [0, 0.05) is 17.4 Å². The molecule has 1 aromatic rings. The Morgan fingerprint density at radius 1 is 1.23 bits per heavy atom. The number of esters is 1. The second kappa shape index (κ2) is 9.01. The number of urea groups is 1. The van der Waals surface area contributed by atoms with E-state index in [0.29, 0.717) is 12.2 Å². The van der Waals surface area contributed by atoms with E-state index in [9.17, 15) is 9.59 Å². The van der Waals surface area contributed by atoms with Gasteiger partial charge in [-0.25, -0.2) is 19.6 Å². The third kappa shape index (κ3) is 4.39. The van der Waals surface area contributed by atoms with E-state index in [1.54, 1.807) is 11.8 Å². The van der Waals surface area contributed by atoms with E-state index in [1.807, 2.05) is 6.07 Å². The normalized spacial score (nSPS) is 26.9. The number of hydrogen-bond donors (Lipinski definition) is 1. The third-order valence-corrected chi connectivity index (χ3v) is 6.60. The minimum absolute atomic E-state index is 0.0368. The molecule has 2 fully saturated rings. The highest BCUT2D eigenvalue weighted by molar-refractivity contribution is 6.36. The van der Waals surface area contributed by atoms with Gasteiger partial charge < -0.3 is 10.1 Å². The zero-order chi connectivity index (χ0) is 22.6. The van der Waals surface area contributed by atoms with Crippen LogP contribution in [0.3, 0.4) is 0 Å². The number of methoxy groups -OCH3 is 1. The second-order valence-electron chi connectivity index (χ2n) is 8.46. The van der Waals surface area contributed by atoms with Crippen molar-refractivity contribution in [2.75, 3.05) is 27.7 Å². The first kappa shape index (κ1) is 22.7. The summed E-state index contributed by atoms with van der Waals surface area (Å²) in [5.74, 6) is -0.818. The summed E-state index contributed by atoms with van der Waals surface area (Å²) in [4.78, 5) is 35.9. The molecule has 1 saturated carbocycles. The molecule has 0 atom stereocenters. The van der Waals surface area contributed by atoms with Gasteiger partial charge in [-0.15, -0.1) is 0 Å². The Morgan fingerprint density at radius 3 is 2.42 bits per heavy atom. The van der Waals surface area contributed by atoms with Gasteiger partial charge >= 0.3 is 12.0 Å². The molecular weight excluding hydrogens is 394 g/mol. The van der Waals surface area contributed by atoms with Crippen LogP contribution in [0.15, 0.2) is 52.2 Å². The van der Waals surface area contributed by atoms with Crippen LogP contribution in [0.5, 0.6) is 0 Å². The molecule has 2 aliphatic rings. The van der Waals surface area contributed by atoms with E-state index in [-0.39, 0.29) is 22.9 Å². The molecule has 0 radical (unpaired) electrons. The Hall–Kier alpha value is -3.00. The van der Waals surface area contributed by atoms with Gasteiger partial charge in [0.25, 0.3) is 0 Å². The highest BCUT2D eigenvalue weighted by Gasteiger charge is 2.50. The predicted octanol–water partition coefficient (Wildman–Crippen LogP) is 2.91. The monoisotopic (exact) mass is 425 g/mol. The quantitative estimate of drug-likeness (QED) is 0.457. The van der Waals surface area contributed by atoms with Gasteiger partial charge in [0.05, 0.1) is 19.2 Å². The van der Waals surface area contributed by atoms with Crippen LogP contribution in [0.2, 0.25) is 0 Å². The van der Waals surface area contributed by atoms with E-state index in [0.717, 1.165) is 25.7 Å². The summed E-state index contributed by atoms with van der Waals surface area (Å²) in [6.45, 7) is 5.69. The first-order valence-corrected chi connectivity index (χ1v) is 10.4. The summed E-state index contributed by atoms with van der Waals surface area (Å²) >= 11 is 0. The number of rotatable bonds is 4. The summed E-state index contributed by atoms with van der Waals surface area (Å²) in [6.07, 6.45) is 5.11. The molecule has 3 rings (SSSR count). The van der Waals surface area contributed by atoms with Crippen LogP contribution in [-0.2, 0) is 15.1 Å². The maximum Gasteiger partial charge on any atom is 0.376 e. The van der Waals surface area contributed by atoms with Crippen LogP contribution in [-0.4, -0.2) is 67.6 Å². The molecule has 31 heavy (non-hydrogen) atoms. The molecule has 0 unspecified atom stereocenters. The van der Waals surface area contributed by atoms with Crippen LogP contribution in [0, 0.1) is 0 Å². The lowest BCUT2D eigenvalue weighted by atomic mass is 9.69. The fourth-order valence-electron chi connectivity index (χ4n) is 4.63. The lowest BCUT2D eigenvalue weighted by Gasteiger charge is -2.48. The number of amides is 2. The van der Waals surface area contributed by atoms with Crippen LogP contribution in [0.1, 0.15) is 38.2 Å². The number of nitrogens with zero attached hydrogens (tertiary/aromatic N) is 4. The van der Waals surface area contributed by atoms with Gasteiger partial charge in [0.1, 0.15) is 0 Å². The van der Waals surface area contributed by atoms with Crippen molar-refractivity contribution in [1.82, 2.24) is 15.1 Å². The number of carbonyl (C=O) groups is 2. The molecule has 166 valence electrons. The zero-order valence-corrected chi connectivity index (χ0v) is 18.7. The van der Waals surface area contributed by atoms with Gasteiger partial charge in [0.2, 0.25) is 5.84 Å². The summed E-state index contributed by atoms with van der Waals surface area (Å²) < 4.78 is 4.62. The average molecular weight is 426 g/mol. The molecule has 0 bridgehead atoms. The van der Waals surface area contributed by atoms with Crippen LogP contribution >= 0.6 is 0 Å². The fourth-order valence-corrected chi connectivity index (χ4v) is 4.63. The number of carbonyl (C=O) groups excluding carboxylic acids is 2. The summed E-state index contributed by atoms with van der Waals surface area (Å²) in [5.41, 5.74) is 1.64. The van der Waals surface area contributed by atoms with Gasteiger partial charge in [-0.1, -0.05) is 30.3 Å². The standard InChI is InChI=1S/C23H31N5O3/c1-17(15-25-19(24-2)20(29)31-5)28-16-22(26-21(28)30)11-13-23(14-12-22,27(3)4)18-9-7-6-8-10-18/h6-10,15H,2,11-14,16H2,1,3-5H3,(H,26,30)/b17-15+,25-19?. The number of amidine groups is 1. The predicted molar refractivity (Wildman–Crippen MR) is 121 cm³/mol. The van der Waals surface area contributed by atoms with Crippen molar-refractivity contribution in [3.63, 3.8) is 0 Å². The molecule has 1 heterocycles. The molecule has 2 amide bonds. The lowest BCUT2D eigenvalue weighted by molar-refractivity contribution is -0.132. The average Bonchev–Trinajstić information content (AvgIpc) is 3.10. The first-order chi connectivity index (χ1) is 14.8. The van der Waals surface area contributed by atoms with E-state index < -0.39 is 5.97 Å². The molecule has 8 heteroatoms. The van der Waals surface area contributed by atoms with Crippen molar-refractivity contribution in [3.8, 4) is 0 Å². The van der Waals surface area contributed by atoms with E-state index in [4.69, 9.17) is 0 Å². The molecule has 1 N–H and O–H groups in total. The van der Waals surface area contributed by atoms with Crippen molar-refractivity contribution in [2.45, 2.75) is 43.7 Å². The second-order valence-corrected chi connectivity index (χ2v) is 8.46. The van der Waals surface area contributed by atoms with Crippen molar-refractivity contribution >= 4 is 24.6 Å². The van der Waals surface area contributed by atoms with E-state index in [2.05, 4.69) is 70.0 Å². The summed E-state index contributed by atoms with van der Waals surface area (Å²) in [6, 6.07) is 10.4. The Kier molecular flexibility index (Phi) is 6.59. The Balaban J connectivity index is 1.76.